The lowest BCUT2D eigenvalue weighted by Gasteiger charge is -2.25. The first kappa shape index (κ1) is 17.1. The summed E-state index contributed by atoms with van der Waals surface area (Å²) in [4.78, 5) is 26.0. The van der Waals surface area contributed by atoms with Crippen LogP contribution in [0.4, 0.5) is 4.79 Å². The molecule has 1 aromatic rings. The summed E-state index contributed by atoms with van der Waals surface area (Å²) in [5.74, 6) is 0.552. The first-order chi connectivity index (χ1) is 10.9. The highest BCUT2D eigenvalue weighted by Gasteiger charge is 2.41. The number of amides is 2. The lowest BCUT2D eigenvalue weighted by molar-refractivity contribution is -0.131. The Morgan fingerprint density at radius 1 is 1.17 bits per heavy atom. The second kappa shape index (κ2) is 6.89. The standard InChI is InChI=1S/C17H23NO5/c1-10(2)15-9-23-17(20)18(15)16(19)11(3)12-6-13(21-4)8-14(7-12)22-5/h6-8,10-11,15H,9H2,1-5H3. The van der Waals surface area contributed by atoms with E-state index in [9.17, 15) is 9.59 Å². The van der Waals surface area contributed by atoms with Crippen LogP contribution in [-0.2, 0) is 9.53 Å². The molecule has 1 heterocycles. The highest BCUT2D eigenvalue weighted by molar-refractivity contribution is 5.97. The van der Waals surface area contributed by atoms with Gasteiger partial charge in [-0.25, -0.2) is 9.69 Å². The lowest BCUT2D eigenvalue weighted by atomic mass is 9.97. The van der Waals surface area contributed by atoms with Crippen molar-refractivity contribution in [2.24, 2.45) is 5.92 Å². The van der Waals surface area contributed by atoms with Gasteiger partial charge >= 0.3 is 6.09 Å². The summed E-state index contributed by atoms with van der Waals surface area (Å²) in [7, 11) is 3.11. The maximum Gasteiger partial charge on any atom is 0.417 e. The quantitative estimate of drug-likeness (QED) is 0.834. The first-order valence-electron chi connectivity index (χ1n) is 7.61. The molecule has 1 fully saturated rings. The van der Waals surface area contributed by atoms with Crippen LogP contribution < -0.4 is 9.47 Å². The summed E-state index contributed by atoms with van der Waals surface area (Å²) in [6.07, 6.45) is -0.574. The minimum Gasteiger partial charge on any atom is -0.497 e. The van der Waals surface area contributed by atoms with E-state index in [2.05, 4.69) is 0 Å². The Kier molecular flexibility index (Phi) is 5.13. The number of imide groups is 1. The van der Waals surface area contributed by atoms with Crippen LogP contribution in [0.25, 0.3) is 0 Å². The van der Waals surface area contributed by atoms with Gasteiger partial charge < -0.3 is 14.2 Å². The molecule has 2 rings (SSSR count). The number of ether oxygens (including phenoxy) is 3. The maximum absolute atomic E-state index is 12.8. The van der Waals surface area contributed by atoms with Gasteiger partial charge in [-0.2, -0.15) is 0 Å². The van der Waals surface area contributed by atoms with Crippen LogP contribution in [0.3, 0.4) is 0 Å². The van der Waals surface area contributed by atoms with Crippen LogP contribution >= 0.6 is 0 Å². The van der Waals surface area contributed by atoms with Crippen molar-refractivity contribution in [3.8, 4) is 11.5 Å². The zero-order valence-corrected chi connectivity index (χ0v) is 14.2. The molecule has 0 N–H and O–H groups in total. The van der Waals surface area contributed by atoms with E-state index in [4.69, 9.17) is 14.2 Å². The molecule has 0 saturated carbocycles. The molecule has 1 aromatic carbocycles. The van der Waals surface area contributed by atoms with Gasteiger partial charge in [0.15, 0.2) is 0 Å². The molecule has 2 amide bonds. The van der Waals surface area contributed by atoms with Crippen LogP contribution in [0.15, 0.2) is 18.2 Å². The second-order valence-corrected chi connectivity index (χ2v) is 5.96. The molecule has 0 aromatic heterocycles. The Morgan fingerprint density at radius 3 is 2.22 bits per heavy atom. The fraction of sp³-hybridized carbons (Fsp3) is 0.529. The third kappa shape index (κ3) is 3.41. The Balaban J connectivity index is 2.30. The highest BCUT2D eigenvalue weighted by atomic mass is 16.6. The number of carbonyl (C=O) groups excluding carboxylic acids is 2. The smallest absolute Gasteiger partial charge is 0.417 e. The Hall–Kier alpha value is -2.24. The molecule has 6 heteroatoms. The fourth-order valence-electron chi connectivity index (χ4n) is 2.61. The normalized spacial score (nSPS) is 18.8. The van der Waals surface area contributed by atoms with Crippen LogP contribution in [0.1, 0.15) is 32.3 Å². The summed E-state index contributed by atoms with van der Waals surface area (Å²) in [5.41, 5.74) is 0.730. The van der Waals surface area contributed by atoms with Gasteiger partial charge in [0, 0.05) is 6.07 Å². The van der Waals surface area contributed by atoms with Gasteiger partial charge in [0.1, 0.15) is 18.1 Å². The topological polar surface area (TPSA) is 65.1 Å². The van der Waals surface area contributed by atoms with E-state index in [1.54, 1.807) is 39.3 Å². The van der Waals surface area contributed by atoms with Crippen LogP contribution in [-0.4, -0.2) is 43.8 Å². The average Bonchev–Trinajstić information content (AvgIpc) is 2.94. The van der Waals surface area contributed by atoms with Crippen molar-refractivity contribution in [2.75, 3.05) is 20.8 Å². The fourth-order valence-corrected chi connectivity index (χ4v) is 2.61. The van der Waals surface area contributed by atoms with Crippen LogP contribution in [0.2, 0.25) is 0 Å². The molecule has 1 aliphatic heterocycles. The van der Waals surface area contributed by atoms with E-state index in [1.165, 1.54) is 4.90 Å². The summed E-state index contributed by atoms with van der Waals surface area (Å²) in [6, 6.07) is 5.06. The lowest BCUT2D eigenvalue weighted by Crippen LogP contribution is -2.43. The Labute approximate surface area is 136 Å². The van der Waals surface area contributed by atoms with Gasteiger partial charge in [0.25, 0.3) is 0 Å². The average molecular weight is 321 g/mol. The van der Waals surface area contributed by atoms with Crippen molar-refractivity contribution in [3.63, 3.8) is 0 Å². The van der Waals surface area contributed by atoms with Crippen molar-refractivity contribution in [1.82, 2.24) is 4.90 Å². The van der Waals surface area contributed by atoms with Crippen LogP contribution in [0, 0.1) is 5.92 Å². The SMILES string of the molecule is COc1cc(OC)cc(C(C)C(=O)N2C(=O)OCC2C(C)C)c1. The van der Waals surface area contributed by atoms with Crippen molar-refractivity contribution in [2.45, 2.75) is 32.7 Å². The molecule has 23 heavy (non-hydrogen) atoms. The molecule has 2 unspecified atom stereocenters. The van der Waals surface area contributed by atoms with E-state index in [0.717, 1.165) is 5.56 Å². The Bertz CT molecular complexity index is 576. The van der Waals surface area contributed by atoms with E-state index in [0.29, 0.717) is 11.5 Å². The highest BCUT2D eigenvalue weighted by Crippen LogP contribution is 2.30. The number of carbonyl (C=O) groups is 2. The minimum absolute atomic E-state index is 0.137. The van der Waals surface area contributed by atoms with E-state index in [1.807, 2.05) is 13.8 Å². The molecular formula is C17H23NO5. The summed E-state index contributed by atoms with van der Waals surface area (Å²) in [5, 5.41) is 0. The number of hydrogen-bond donors (Lipinski definition) is 0. The molecule has 0 aliphatic carbocycles. The van der Waals surface area contributed by atoms with Gasteiger partial charge in [-0.3, -0.25) is 4.79 Å². The third-order valence-electron chi connectivity index (χ3n) is 4.16. The number of methoxy groups -OCH3 is 2. The van der Waals surface area contributed by atoms with Gasteiger partial charge in [-0.1, -0.05) is 13.8 Å². The molecule has 6 nitrogen and oxygen atoms in total. The second-order valence-electron chi connectivity index (χ2n) is 5.96. The molecule has 1 saturated heterocycles. The zero-order valence-electron chi connectivity index (χ0n) is 14.2. The van der Waals surface area contributed by atoms with E-state index in [-0.39, 0.29) is 24.5 Å². The predicted molar refractivity (Wildman–Crippen MR) is 84.8 cm³/mol. The van der Waals surface area contributed by atoms with Crippen molar-refractivity contribution in [3.05, 3.63) is 23.8 Å². The summed E-state index contributed by atoms with van der Waals surface area (Å²) < 4.78 is 15.5. The number of benzene rings is 1. The van der Waals surface area contributed by atoms with Crippen LogP contribution in [0.5, 0.6) is 11.5 Å². The zero-order chi connectivity index (χ0) is 17.1. The molecule has 0 spiro atoms. The van der Waals surface area contributed by atoms with Gasteiger partial charge in [0.2, 0.25) is 5.91 Å². The molecule has 2 atom stereocenters. The number of rotatable bonds is 5. The molecule has 1 aliphatic rings. The maximum atomic E-state index is 12.8. The third-order valence-corrected chi connectivity index (χ3v) is 4.16. The minimum atomic E-state index is -0.574. The molecule has 0 bridgehead atoms. The number of nitrogens with zero attached hydrogens (tertiary/aromatic N) is 1. The van der Waals surface area contributed by atoms with Crippen molar-refractivity contribution >= 4 is 12.0 Å². The van der Waals surface area contributed by atoms with Gasteiger partial charge in [-0.05, 0) is 30.5 Å². The number of cyclic esters (lactones) is 1. The van der Waals surface area contributed by atoms with Gasteiger partial charge in [-0.15, -0.1) is 0 Å². The van der Waals surface area contributed by atoms with E-state index >= 15 is 0 Å². The monoisotopic (exact) mass is 321 g/mol. The van der Waals surface area contributed by atoms with Crippen molar-refractivity contribution < 1.29 is 23.8 Å². The van der Waals surface area contributed by atoms with E-state index < -0.39 is 12.0 Å². The van der Waals surface area contributed by atoms with Gasteiger partial charge in [0.05, 0.1) is 26.2 Å². The largest absolute Gasteiger partial charge is 0.497 e. The predicted octanol–water partition coefficient (Wildman–Crippen LogP) is 2.81. The Morgan fingerprint density at radius 2 is 1.74 bits per heavy atom. The molecule has 0 radical (unpaired) electrons. The summed E-state index contributed by atoms with van der Waals surface area (Å²) in [6.45, 7) is 5.94. The molecular weight excluding hydrogens is 298 g/mol. The first-order valence-corrected chi connectivity index (χ1v) is 7.61. The number of hydrogen-bond acceptors (Lipinski definition) is 5. The summed E-state index contributed by atoms with van der Waals surface area (Å²) >= 11 is 0. The molecule has 126 valence electrons. The van der Waals surface area contributed by atoms with Crippen molar-refractivity contribution in [1.29, 1.82) is 0 Å².